The van der Waals surface area contributed by atoms with Gasteiger partial charge in [0.2, 0.25) is 0 Å². The van der Waals surface area contributed by atoms with Gasteiger partial charge in [0.1, 0.15) is 17.6 Å². The van der Waals surface area contributed by atoms with Crippen molar-refractivity contribution in [1.29, 1.82) is 0 Å². The van der Waals surface area contributed by atoms with E-state index < -0.39 is 36.1 Å². The molecule has 2 aromatic rings. The molecule has 7 nitrogen and oxygen atoms in total. The summed E-state index contributed by atoms with van der Waals surface area (Å²) >= 11 is 0.944. The van der Waals surface area contributed by atoms with Gasteiger partial charge >= 0.3 is 11.9 Å². The second-order valence-electron chi connectivity index (χ2n) is 4.64. The highest BCUT2D eigenvalue weighted by Crippen LogP contribution is 2.29. The quantitative estimate of drug-likeness (QED) is 0.704. The van der Waals surface area contributed by atoms with Gasteiger partial charge in [0.05, 0.1) is 11.3 Å². The van der Waals surface area contributed by atoms with Crippen molar-refractivity contribution in [2.24, 2.45) is 0 Å². The molecule has 2 rings (SSSR count). The lowest BCUT2D eigenvalue weighted by atomic mass is 10.2. The maximum Gasteiger partial charge on any atom is 0.326 e. The van der Waals surface area contributed by atoms with Crippen molar-refractivity contribution in [3.05, 3.63) is 47.1 Å². The van der Waals surface area contributed by atoms with Crippen molar-refractivity contribution in [3.63, 3.8) is 0 Å². The average molecular weight is 353 g/mol. The minimum atomic E-state index is -1.53. The van der Waals surface area contributed by atoms with E-state index in [9.17, 15) is 18.8 Å². The highest BCUT2D eigenvalue weighted by molar-refractivity contribution is 7.15. The third kappa shape index (κ3) is 4.78. The molecule has 1 heterocycles. The van der Waals surface area contributed by atoms with Crippen LogP contribution < -0.4 is 10.1 Å². The van der Waals surface area contributed by atoms with Crippen LogP contribution >= 0.6 is 11.3 Å². The molecule has 0 aliphatic rings. The van der Waals surface area contributed by atoms with Gasteiger partial charge in [-0.15, -0.1) is 0 Å². The first-order valence-electron chi connectivity index (χ1n) is 6.64. The van der Waals surface area contributed by atoms with E-state index in [0.29, 0.717) is 10.8 Å². The van der Waals surface area contributed by atoms with Gasteiger partial charge in [-0.2, -0.15) is 0 Å². The van der Waals surface area contributed by atoms with E-state index in [4.69, 9.17) is 14.9 Å². The number of nitrogens with one attached hydrogen (secondary N) is 1. The fraction of sp³-hybridized carbons (Fsp3) is 0.133. The van der Waals surface area contributed by atoms with Crippen LogP contribution in [0.15, 0.2) is 36.4 Å². The van der Waals surface area contributed by atoms with Crippen LogP contribution in [0.1, 0.15) is 16.1 Å². The van der Waals surface area contributed by atoms with E-state index in [1.165, 1.54) is 36.4 Å². The van der Waals surface area contributed by atoms with Gasteiger partial charge < -0.3 is 20.3 Å². The molecule has 0 radical (unpaired) electrons. The Bertz CT molecular complexity index is 758. The van der Waals surface area contributed by atoms with Gasteiger partial charge in [-0.05, 0) is 36.4 Å². The molecule has 0 fully saturated rings. The summed E-state index contributed by atoms with van der Waals surface area (Å²) in [6, 6.07) is 6.66. The van der Waals surface area contributed by atoms with Gasteiger partial charge in [0.25, 0.3) is 5.91 Å². The van der Waals surface area contributed by atoms with Crippen LogP contribution in [0.25, 0.3) is 0 Å². The third-order valence-electron chi connectivity index (χ3n) is 2.82. The lowest BCUT2D eigenvalue weighted by Gasteiger charge is -2.11. The summed E-state index contributed by atoms with van der Waals surface area (Å²) in [7, 11) is 0. The van der Waals surface area contributed by atoms with Crippen LogP contribution in [-0.2, 0) is 9.59 Å². The number of hydrogen-bond acceptors (Lipinski definition) is 5. The van der Waals surface area contributed by atoms with Crippen LogP contribution in [-0.4, -0.2) is 34.1 Å². The molecule has 0 saturated heterocycles. The van der Waals surface area contributed by atoms with E-state index in [-0.39, 0.29) is 4.88 Å². The van der Waals surface area contributed by atoms with E-state index in [1.807, 2.05) is 0 Å². The Morgan fingerprint density at radius 1 is 1.12 bits per heavy atom. The second-order valence-corrected chi connectivity index (χ2v) is 5.68. The predicted octanol–water partition coefficient (Wildman–Crippen LogP) is 2.34. The number of carboxylic acids is 2. The van der Waals surface area contributed by atoms with E-state index in [1.54, 1.807) is 0 Å². The van der Waals surface area contributed by atoms with Gasteiger partial charge in [-0.1, -0.05) is 11.3 Å². The van der Waals surface area contributed by atoms with Crippen LogP contribution in [0.3, 0.4) is 0 Å². The summed E-state index contributed by atoms with van der Waals surface area (Å²) in [5.41, 5.74) is 0. The summed E-state index contributed by atoms with van der Waals surface area (Å²) in [5, 5.41) is 20.0. The number of aliphatic carboxylic acids is 2. The number of carbonyl (C=O) groups excluding carboxylic acids is 1. The standard InChI is InChI=1S/C15H12FNO6S/c16-8-1-3-9(4-2-8)23-13-6-5-11(24-13)14(20)17-10(15(21)22)7-12(18)19/h1-6,10H,7H2,(H,17,20)(H,18,19)(H,21,22)/t10-/m0/s1. The Morgan fingerprint density at radius 3 is 2.38 bits per heavy atom. The smallest absolute Gasteiger partial charge is 0.326 e. The third-order valence-corrected chi connectivity index (χ3v) is 3.78. The van der Waals surface area contributed by atoms with Crippen molar-refractivity contribution in [3.8, 4) is 10.8 Å². The fourth-order valence-corrected chi connectivity index (χ4v) is 2.50. The number of benzene rings is 1. The van der Waals surface area contributed by atoms with Gasteiger partial charge in [-0.3, -0.25) is 9.59 Å². The van der Waals surface area contributed by atoms with E-state index in [2.05, 4.69) is 5.32 Å². The fourth-order valence-electron chi connectivity index (χ4n) is 1.72. The molecule has 0 unspecified atom stereocenters. The molecule has 24 heavy (non-hydrogen) atoms. The number of rotatable bonds is 7. The van der Waals surface area contributed by atoms with Crippen molar-refractivity contribution < 1.29 is 33.7 Å². The number of carboxylic acid groups (broad SMARTS) is 2. The van der Waals surface area contributed by atoms with Crippen molar-refractivity contribution in [2.45, 2.75) is 12.5 Å². The molecule has 1 aromatic carbocycles. The van der Waals surface area contributed by atoms with Crippen molar-refractivity contribution in [1.82, 2.24) is 5.32 Å². The Morgan fingerprint density at radius 2 is 1.79 bits per heavy atom. The summed E-state index contributed by atoms with van der Waals surface area (Å²) in [4.78, 5) is 33.7. The van der Waals surface area contributed by atoms with Crippen LogP contribution in [0.5, 0.6) is 10.8 Å². The lowest BCUT2D eigenvalue weighted by Crippen LogP contribution is -2.41. The van der Waals surface area contributed by atoms with Crippen LogP contribution in [0.2, 0.25) is 0 Å². The molecule has 0 saturated carbocycles. The monoisotopic (exact) mass is 353 g/mol. The summed E-state index contributed by atoms with van der Waals surface area (Å²) < 4.78 is 18.3. The molecule has 9 heteroatoms. The van der Waals surface area contributed by atoms with Crippen LogP contribution in [0.4, 0.5) is 4.39 Å². The first-order valence-corrected chi connectivity index (χ1v) is 7.45. The number of amides is 1. The average Bonchev–Trinajstić information content (AvgIpc) is 2.97. The number of hydrogen-bond donors (Lipinski definition) is 3. The number of halogens is 1. The van der Waals surface area contributed by atoms with Crippen molar-refractivity contribution >= 4 is 29.2 Å². The van der Waals surface area contributed by atoms with E-state index in [0.717, 1.165) is 11.3 Å². The summed E-state index contributed by atoms with van der Waals surface area (Å²) in [6.07, 6.45) is -0.731. The largest absolute Gasteiger partial charge is 0.481 e. The minimum Gasteiger partial charge on any atom is -0.481 e. The molecule has 1 amide bonds. The van der Waals surface area contributed by atoms with Crippen LogP contribution in [0, 0.1) is 5.82 Å². The first kappa shape index (κ1) is 17.4. The Kier molecular flexibility index (Phi) is 5.48. The molecule has 1 atom stereocenters. The Hall–Kier alpha value is -2.94. The Balaban J connectivity index is 2.03. The molecule has 0 aliphatic heterocycles. The molecule has 126 valence electrons. The van der Waals surface area contributed by atoms with Crippen molar-refractivity contribution in [2.75, 3.05) is 0 Å². The zero-order valence-corrected chi connectivity index (χ0v) is 12.9. The van der Waals surface area contributed by atoms with E-state index >= 15 is 0 Å². The first-order chi connectivity index (χ1) is 11.3. The molecular weight excluding hydrogens is 341 g/mol. The summed E-state index contributed by atoms with van der Waals surface area (Å²) in [5.74, 6) is -3.53. The lowest BCUT2D eigenvalue weighted by molar-refractivity contribution is -0.145. The molecular formula is C15H12FNO6S. The SMILES string of the molecule is O=C(O)C[C@H](NC(=O)c1ccc(Oc2ccc(F)cc2)s1)C(=O)O. The maximum absolute atomic E-state index is 12.8. The summed E-state index contributed by atoms with van der Waals surface area (Å²) in [6.45, 7) is 0. The number of ether oxygens (including phenoxy) is 1. The molecule has 0 spiro atoms. The minimum absolute atomic E-state index is 0.156. The molecule has 0 bridgehead atoms. The highest BCUT2D eigenvalue weighted by atomic mass is 32.1. The zero-order chi connectivity index (χ0) is 17.7. The van der Waals surface area contributed by atoms with Gasteiger partial charge in [-0.25, -0.2) is 9.18 Å². The Labute approximate surface area is 139 Å². The number of thiophene rings is 1. The highest BCUT2D eigenvalue weighted by Gasteiger charge is 2.24. The molecule has 3 N–H and O–H groups in total. The zero-order valence-electron chi connectivity index (χ0n) is 12.1. The molecule has 1 aromatic heterocycles. The van der Waals surface area contributed by atoms with Gasteiger partial charge in [0, 0.05) is 0 Å². The predicted molar refractivity (Wildman–Crippen MR) is 81.9 cm³/mol. The topological polar surface area (TPSA) is 113 Å². The maximum atomic E-state index is 12.8. The van der Waals surface area contributed by atoms with Gasteiger partial charge in [0.15, 0.2) is 5.06 Å². The number of carbonyl (C=O) groups is 3. The normalized spacial score (nSPS) is 11.5. The molecule has 0 aliphatic carbocycles. The second kappa shape index (κ2) is 7.55.